The standard InChI is InChI=1S/C16H20N2O3S/c1-11-4-6-12(7-5-11)21-10-13-15(16(19)20)22-14(17-13)8-9-18(2)3/h4-7H,8-10H2,1-3H3,(H,19,20). The molecular formula is C16H20N2O3S. The fourth-order valence-corrected chi connectivity index (χ4v) is 2.77. The summed E-state index contributed by atoms with van der Waals surface area (Å²) in [5.41, 5.74) is 1.64. The van der Waals surface area contributed by atoms with Crippen molar-refractivity contribution in [3.8, 4) is 5.75 Å². The average Bonchev–Trinajstić information content (AvgIpc) is 2.88. The summed E-state index contributed by atoms with van der Waals surface area (Å²) in [6.07, 6.45) is 0.739. The third-order valence-electron chi connectivity index (χ3n) is 3.11. The second-order valence-corrected chi connectivity index (χ2v) is 6.43. The molecule has 2 aromatic rings. The third kappa shape index (κ3) is 4.54. The van der Waals surface area contributed by atoms with Gasteiger partial charge in [-0.2, -0.15) is 0 Å². The van der Waals surface area contributed by atoms with Crippen LogP contribution in [-0.4, -0.2) is 41.6 Å². The molecule has 0 atom stereocenters. The molecular weight excluding hydrogens is 300 g/mol. The topological polar surface area (TPSA) is 62.7 Å². The van der Waals surface area contributed by atoms with Gasteiger partial charge in [0.05, 0.1) is 5.01 Å². The fraction of sp³-hybridized carbons (Fsp3) is 0.375. The first-order valence-electron chi connectivity index (χ1n) is 7.02. The molecule has 0 aliphatic rings. The Morgan fingerprint density at radius 3 is 2.59 bits per heavy atom. The van der Waals surface area contributed by atoms with E-state index in [-0.39, 0.29) is 11.5 Å². The highest BCUT2D eigenvalue weighted by atomic mass is 32.1. The Labute approximate surface area is 134 Å². The van der Waals surface area contributed by atoms with Crippen molar-refractivity contribution in [3.63, 3.8) is 0 Å². The normalized spacial score (nSPS) is 10.9. The molecule has 0 aliphatic heterocycles. The molecule has 0 bridgehead atoms. The van der Waals surface area contributed by atoms with Gasteiger partial charge >= 0.3 is 5.97 Å². The minimum Gasteiger partial charge on any atom is -0.487 e. The van der Waals surface area contributed by atoms with Crippen molar-refractivity contribution in [1.29, 1.82) is 0 Å². The number of carbonyl (C=O) groups is 1. The number of aryl methyl sites for hydroxylation is 1. The van der Waals surface area contributed by atoms with Crippen LogP contribution in [0.1, 0.15) is 25.9 Å². The monoisotopic (exact) mass is 320 g/mol. The molecule has 0 amide bonds. The van der Waals surface area contributed by atoms with Crippen LogP contribution >= 0.6 is 11.3 Å². The zero-order valence-corrected chi connectivity index (χ0v) is 13.8. The number of thiazole rings is 1. The van der Waals surface area contributed by atoms with Gasteiger partial charge < -0.3 is 14.7 Å². The van der Waals surface area contributed by atoms with E-state index in [2.05, 4.69) is 4.98 Å². The summed E-state index contributed by atoms with van der Waals surface area (Å²) in [7, 11) is 3.96. The molecule has 0 aliphatic carbocycles. The van der Waals surface area contributed by atoms with Gasteiger partial charge in [-0.3, -0.25) is 0 Å². The van der Waals surface area contributed by atoms with Gasteiger partial charge in [-0.25, -0.2) is 9.78 Å². The van der Waals surface area contributed by atoms with E-state index in [4.69, 9.17) is 4.74 Å². The van der Waals surface area contributed by atoms with Crippen LogP contribution < -0.4 is 4.74 Å². The zero-order chi connectivity index (χ0) is 16.1. The Hall–Kier alpha value is -1.92. The molecule has 5 nitrogen and oxygen atoms in total. The van der Waals surface area contributed by atoms with Crippen LogP contribution in [-0.2, 0) is 13.0 Å². The van der Waals surface area contributed by atoms with Crippen LogP contribution in [0, 0.1) is 6.92 Å². The highest BCUT2D eigenvalue weighted by Crippen LogP contribution is 2.21. The fourth-order valence-electron chi connectivity index (χ4n) is 1.88. The van der Waals surface area contributed by atoms with Crippen LogP contribution in [0.15, 0.2) is 24.3 Å². The first-order valence-corrected chi connectivity index (χ1v) is 7.83. The number of aromatic nitrogens is 1. The number of carboxylic acids is 1. The molecule has 1 N–H and O–H groups in total. The molecule has 118 valence electrons. The van der Waals surface area contributed by atoms with Gasteiger partial charge in [0.15, 0.2) is 0 Å². The molecule has 1 aromatic carbocycles. The van der Waals surface area contributed by atoms with E-state index < -0.39 is 5.97 Å². The molecule has 0 saturated carbocycles. The lowest BCUT2D eigenvalue weighted by Gasteiger charge is -2.06. The van der Waals surface area contributed by atoms with E-state index in [1.165, 1.54) is 11.3 Å². The van der Waals surface area contributed by atoms with E-state index in [0.29, 0.717) is 11.4 Å². The Kier molecular flexibility index (Phi) is 5.51. The Bertz CT molecular complexity index is 635. The van der Waals surface area contributed by atoms with E-state index in [9.17, 15) is 9.90 Å². The molecule has 22 heavy (non-hydrogen) atoms. The molecule has 0 fully saturated rings. The van der Waals surface area contributed by atoms with Gasteiger partial charge in [-0.15, -0.1) is 11.3 Å². The van der Waals surface area contributed by atoms with Crippen LogP contribution in [0.2, 0.25) is 0 Å². The molecule has 1 aromatic heterocycles. The minimum absolute atomic E-state index is 0.170. The van der Waals surface area contributed by atoms with Crippen LogP contribution in [0.4, 0.5) is 0 Å². The van der Waals surface area contributed by atoms with Crippen LogP contribution in [0.5, 0.6) is 5.75 Å². The highest BCUT2D eigenvalue weighted by Gasteiger charge is 2.17. The van der Waals surface area contributed by atoms with Gasteiger partial charge in [0.25, 0.3) is 0 Å². The quantitative estimate of drug-likeness (QED) is 0.850. The first-order chi connectivity index (χ1) is 10.5. The van der Waals surface area contributed by atoms with Gasteiger partial charge in [0, 0.05) is 13.0 Å². The van der Waals surface area contributed by atoms with Gasteiger partial charge in [-0.1, -0.05) is 17.7 Å². The van der Waals surface area contributed by atoms with Crippen molar-refractivity contribution < 1.29 is 14.6 Å². The van der Waals surface area contributed by atoms with Crippen molar-refractivity contribution in [2.75, 3.05) is 20.6 Å². The van der Waals surface area contributed by atoms with Gasteiger partial charge in [-0.05, 0) is 33.2 Å². The summed E-state index contributed by atoms with van der Waals surface area (Å²) in [5.74, 6) is -0.235. The van der Waals surface area contributed by atoms with Crippen molar-refractivity contribution in [2.24, 2.45) is 0 Å². The number of carboxylic acid groups (broad SMARTS) is 1. The lowest BCUT2D eigenvalue weighted by molar-refractivity contribution is 0.0699. The molecule has 0 unspecified atom stereocenters. The lowest BCUT2D eigenvalue weighted by atomic mass is 10.2. The number of ether oxygens (including phenoxy) is 1. The number of hydrogen-bond acceptors (Lipinski definition) is 5. The Balaban J connectivity index is 2.07. The number of likely N-dealkylation sites (N-methyl/N-ethyl adjacent to an activating group) is 1. The Morgan fingerprint density at radius 2 is 2.00 bits per heavy atom. The predicted octanol–water partition coefficient (Wildman–Crippen LogP) is 2.83. The number of hydrogen-bond donors (Lipinski definition) is 1. The second kappa shape index (κ2) is 7.38. The molecule has 0 spiro atoms. The number of benzene rings is 1. The summed E-state index contributed by atoms with van der Waals surface area (Å²) in [6, 6.07) is 7.65. The van der Waals surface area contributed by atoms with Crippen molar-refractivity contribution in [1.82, 2.24) is 9.88 Å². The molecule has 6 heteroatoms. The zero-order valence-electron chi connectivity index (χ0n) is 13.0. The lowest BCUT2D eigenvalue weighted by Crippen LogP contribution is -2.14. The number of nitrogens with zero attached hydrogens (tertiary/aromatic N) is 2. The summed E-state index contributed by atoms with van der Waals surface area (Å²) >= 11 is 1.23. The Morgan fingerprint density at radius 1 is 1.32 bits per heavy atom. The van der Waals surface area contributed by atoms with Crippen LogP contribution in [0.3, 0.4) is 0 Å². The van der Waals surface area contributed by atoms with Crippen molar-refractivity contribution in [3.05, 3.63) is 45.4 Å². The summed E-state index contributed by atoms with van der Waals surface area (Å²) in [6.45, 7) is 3.01. The van der Waals surface area contributed by atoms with Crippen molar-refractivity contribution in [2.45, 2.75) is 20.0 Å². The van der Waals surface area contributed by atoms with E-state index >= 15 is 0 Å². The van der Waals surface area contributed by atoms with Gasteiger partial charge in [0.1, 0.15) is 22.9 Å². The first kappa shape index (κ1) is 16.5. The minimum atomic E-state index is -0.948. The SMILES string of the molecule is Cc1ccc(OCc2nc(CCN(C)C)sc2C(=O)O)cc1. The maximum absolute atomic E-state index is 11.3. The average molecular weight is 320 g/mol. The largest absolute Gasteiger partial charge is 0.487 e. The molecule has 1 heterocycles. The maximum Gasteiger partial charge on any atom is 0.347 e. The van der Waals surface area contributed by atoms with E-state index in [1.54, 1.807) is 0 Å². The van der Waals surface area contributed by atoms with E-state index in [1.807, 2.05) is 50.2 Å². The summed E-state index contributed by atoms with van der Waals surface area (Å²) in [4.78, 5) is 18.1. The van der Waals surface area contributed by atoms with E-state index in [0.717, 1.165) is 23.5 Å². The number of rotatable bonds is 7. The smallest absolute Gasteiger partial charge is 0.347 e. The highest BCUT2D eigenvalue weighted by molar-refractivity contribution is 7.13. The van der Waals surface area contributed by atoms with Crippen LogP contribution in [0.25, 0.3) is 0 Å². The second-order valence-electron chi connectivity index (χ2n) is 5.34. The summed E-state index contributed by atoms with van der Waals surface area (Å²) < 4.78 is 5.65. The summed E-state index contributed by atoms with van der Waals surface area (Å²) in [5, 5.41) is 10.1. The molecule has 0 saturated heterocycles. The maximum atomic E-state index is 11.3. The number of aromatic carboxylic acids is 1. The van der Waals surface area contributed by atoms with Gasteiger partial charge in [0.2, 0.25) is 0 Å². The molecule has 0 radical (unpaired) electrons. The van der Waals surface area contributed by atoms with Crippen molar-refractivity contribution >= 4 is 17.3 Å². The third-order valence-corrected chi connectivity index (χ3v) is 4.25. The molecule has 2 rings (SSSR count). The predicted molar refractivity (Wildman–Crippen MR) is 86.8 cm³/mol.